The Morgan fingerprint density at radius 1 is 0.565 bits per heavy atom. The third-order valence-corrected chi connectivity index (χ3v) is 4.28. The largest absolute Gasteiger partial charge is 0.218 e. The SMILES string of the molecule is [CH2]c1nc(CCCCCCCC)nc(CCCCCCCC)n1. The van der Waals surface area contributed by atoms with E-state index in [0.29, 0.717) is 5.82 Å². The second-order valence-corrected chi connectivity index (χ2v) is 6.62. The van der Waals surface area contributed by atoms with Crippen molar-refractivity contribution in [2.75, 3.05) is 0 Å². The highest BCUT2D eigenvalue weighted by molar-refractivity contribution is 5.00. The fourth-order valence-corrected chi connectivity index (χ4v) is 2.87. The first-order valence-corrected chi connectivity index (χ1v) is 9.82. The first kappa shape index (κ1) is 20.1. The third-order valence-electron chi connectivity index (χ3n) is 4.28. The van der Waals surface area contributed by atoms with Crippen molar-refractivity contribution in [2.24, 2.45) is 0 Å². The molecule has 0 aromatic carbocycles. The van der Waals surface area contributed by atoms with Gasteiger partial charge in [0.15, 0.2) is 0 Å². The van der Waals surface area contributed by atoms with Gasteiger partial charge in [-0.3, -0.25) is 0 Å². The van der Waals surface area contributed by atoms with Crippen LogP contribution in [-0.4, -0.2) is 15.0 Å². The van der Waals surface area contributed by atoms with Gasteiger partial charge < -0.3 is 0 Å². The molecule has 1 aromatic rings. The summed E-state index contributed by atoms with van der Waals surface area (Å²) in [6.45, 7) is 8.43. The summed E-state index contributed by atoms with van der Waals surface area (Å²) in [4.78, 5) is 13.4. The van der Waals surface area contributed by atoms with Gasteiger partial charge in [0.1, 0.15) is 17.5 Å². The molecule has 0 aliphatic carbocycles. The molecule has 1 aromatic heterocycles. The highest BCUT2D eigenvalue weighted by atomic mass is 15.0. The number of unbranched alkanes of at least 4 members (excludes halogenated alkanes) is 10. The summed E-state index contributed by atoms with van der Waals surface area (Å²) in [5.41, 5.74) is 0. The molecule has 0 bridgehead atoms. The van der Waals surface area contributed by atoms with E-state index in [1.165, 1.54) is 77.0 Å². The number of aromatic nitrogens is 3. The van der Waals surface area contributed by atoms with Gasteiger partial charge in [-0.25, -0.2) is 15.0 Å². The lowest BCUT2D eigenvalue weighted by Crippen LogP contribution is -2.06. The molecule has 0 spiro atoms. The van der Waals surface area contributed by atoms with Gasteiger partial charge in [-0.2, -0.15) is 0 Å². The second-order valence-electron chi connectivity index (χ2n) is 6.62. The Morgan fingerprint density at radius 2 is 0.957 bits per heavy atom. The summed E-state index contributed by atoms with van der Waals surface area (Å²) in [6.07, 6.45) is 17.6. The summed E-state index contributed by atoms with van der Waals surface area (Å²) < 4.78 is 0. The smallest absolute Gasteiger partial charge is 0.133 e. The van der Waals surface area contributed by atoms with Gasteiger partial charge in [0.05, 0.1) is 0 Å². The number of aryl methyl sites for hydroxylation is 2. The summed E-state index contributed by atoms with van der Waals surface area (Å²) in [5, 5.41) is 0. The molecule has 1 rings (SSSR count). The molecule has 0 aliphatic rings. The molecule has 0 unspecified atom stereocenters. The van der Waals surface area contributed by atoms with Crippen LogP contribution in [0.5, 0.6) is 0 Å². The molecule has 0 fully saturated rings. The monoisotopic (exact) mass is 318 g/mol. The van der Waals surface area contributed by atoms with E-state index in [-0.39, 0.29) is 0 Å². The number of hydrogen-bond acceptors (Lipinski definition) is 3. The van der Waals surface area contributed by atoms with E-state index in [1.807, 2.05) is 0 Å². The Hall–Kier alpha value is -0.990. The maximum absolute atomic E-state index is 4.64. The molecule has 131 valence electrons. The Kier molecular flexibility index (Phi) is 11.7. The van der Waals surface area contributed by atoms with Gasteiger partial charge in [-0.15, -0.1) is 0 Å². The average molecular weight is 319 g/mol. The van der Waals surface area contributed by atoms with Crippen molar-refractivity contribution in [1.29, 1.82) is 0 Å². The predicted octanol–water partition coefficient (Wildman–Crippen LogP) is 5.86. The molecule has 0 saturated heterocycles. The Bertz CT molecular complexity index is 370. The number of hydrogen-bond donors (Lipinski definition) is 0. The van der Waals surface area contributed by atoms with Crippen LogP contribution in [0, 0.1) is 6.92 Å². The van der Waals surface area contributed by atoms with Crippen LogP contribution in [0.15, 0.2) is 0 Å². The van der Waals surface area contributed by atoms with Crippen molar-refractivity contribution in [1.82, 2.24) is 15.0 Å². The first-order chi connectivity index (χ1) is 11.3. The van der Waals surface area contributed by atoms with Crippen LogP contribution in [0.4, 0.5) is 0 Å². The third kappa shape index (κ3) is 10.4. The van der Waals surface area contributed by atoms with E-state index in [9.17, 15) is 0 Å². The molecular weight excluding hydrogens is 282 g/mol. The van der Waals surface area contributed by atoms with Crippen LogP contribution in [-0.2, 0) is 12.8 Å². The van der Waals surface area contributed by atoms with Crippen molar-refractivity contribution in [2.45, 2.75) is 104 Å². The quantitative estimate of drug-likeness (QED) is 0.403. The van der Waals surface area contributed by atoms with Crippen molar-refractivity contribution in [3.63, 3.8) is 0 Å². The van der Waals surface area contributed by atoms with E-state index >= 15 is 0 Å². The van der Waals surface area contributed by atoms with Gasteiger partial charge in [0.2, 0.25) is 0 Å². The highest BCUT2D eigenvalue weighted by Crippen LogP contribution is 2.10. The van der Waals surface area contributed by atoms with Gasteiger partial charge in [-0.1, -0.05) is 78.1 Å². The molecule has 0 N–H and O–H groups in total. The fraction of sp³-hybridized carbons (Fsp3) is 0.800. The lowest BCUT2D eigenvalue weighted by Gasteiger charge is -2.06. The topological polar surface area (TPSA) is 38.7 Å². The standard InChI is InChI=1S/C20H36N3/c1-4-6-8-10-12-14-16-19-21-18(3)22-20(23-19)17-15-13-11-9-7-5-2/h3-17H2,1-2H3. The van der Waals surface area contributed by atoms with E-state index in [4.69, 9.17) is 0 Å². The van der Waals surface area contributed by atoms with Gasteiger partial charge in [0, 0.05) is 19.8 Å². The normalized spacial score (nSPS) is 11.1. The van der Waals surface area contributed by atoms with Gasteiger partial charge >= 0.3 is 0 Å². The van der Waals surface area contributed by atoms with Crippen molar-refractivity contribution >= 4 is 0 Å². The lowest BCUT2D eigenvalue weighted by molar-refractivity contribution is 0.588. The number of nitrogens with zero attached hydrogens (tertiary/aromatic N) is 3. The molecule has 1 radical (unpaired) electrons. The van der Waals surface area contributed by atoms with Crippen LogP contribution in [0.3, 0.4) is 0 Å². The van der Waals surface area contributed by atoms with Gasteiger partial charge in [-0.05, 0) is 12.8 Å². The highest BCUT2D eigenvalue weighted by Gasteiger charge is 2.04. The summed E-state index contributed by atoms with van der Waals surface area (Å²) in [7, 11) is 0. The van der Waals surface area contributed by atoms with E-state index in [0.717, 1.165) is 24.5 Å². The molecule has 23 heavy (non-hydrogen) atoms. The molecule has 0 aliphatic heterocycles. The molecule has 0 atom stereocenters. The second kappa shape index (κ2) is 13.4. The summed E-state index contributed by atoms with van der Waals surface area (Å²) in [5.74, 6) is 2.53. The average Bonchev–Trinajstić information content (AvgIpc) is 2.53. The Morgan fingerprint density at radius 3 is 1.39 bits per heavy atom. The minimum Gasteiger partial charge on any atom is -0.218 e. The number of rotatable bonds is 14. The molecule has 3 heteroatoms. The molecule has 1 heterocycles. The van der Waals surface area contributed by atoms with Crippen LogP contribution in [0.2, 0.25) is 0 Å². The van der Waals surface area contributed by atoms with Crippen molar-refractivity contribution < 1.29 is 0 Å². The van der Waals surface area contributed by atoms with E-state index < -0.39 is 0 Å². The van der Waals surface area contributed by atoms with E-state index in [2.05, 4.69) is 35.7 Å². The maximum atomic E-state index is 4.64. The van der Waals surface area contributed by atoms with Crippen molar-refractivity contribution in [3.05, 3.63) is 24.4 Å². The molecule has 0 amide bonds. The van der Waals surface area contributed by atoms with Crippen LogP contribution in [0.1, 0.15) is 108 Å². The lowest BCUT2D eigenvalue weighted by atomic mass is 10.1. The van der Waals surface area contributed by atoms with Crippen molar-refractivity contribution in [3.8, 4) is 0 Å². The maximum Gasteiger partial charge on any atom is 0.133 e. The Labute approximate surface area is 143 Å². The zero-order valence-corrected chi connectivity index (χ0v) is 15.4. The molecule has 0 saturated carbocycles. The van der Waals surface area contributed by atoms with E-state index in [1.54, 1.807) is 0 Å². The molecule has 3 nitrogen and oxygen atoms in total. The van der Waals surface area contributed by atoms with Crippen LogP contribution >= 0.6 is 0 Å². The van der Waals surface area contributed by atoms with Crippen LogP contribution in [0.25, 0.3) is 0 Å². The molecular formula is C20H36N3. The Balaban J connectivity index is 2.25. The predicted molar refractivity (Wildman–Crippen MR) is 98.4 cm³/mol. The fourth-order valence-electron chi connectivity index (χ4n) is 2.87. The minimum absolute atomic E-state index is 0.641. The minimum atomic E-state index is 0.641. The zero-order chi connectivity index (χ0) is 16.8. The van der Waals surface area contributed by atoms with Crippen LogP contribution < -0.4 is 0 Å². The zero-order valence-electron chi connectivity index (χ0n) is 15.4. The summed E-state index contributed by atoms with van der Waals surface area (Å²) >= 11 is 0. The van der Waals surface area contributed by atoms with Gasteiger partial charge in [0.25, 0.3) is 0 Å². The summed E-state index contributed by atoms with van der Waals surface area (Å²) in [6, 6.07) is 0. The first-order valence-electron chi connectivity index (χ1n) is 9.82.